The molecule has 3 N–H and O–H groups in total. The third-order valence-electron chi connectivity index (χ3n) is 17.4. The third kappa shape index (κ3) is 67.0. The van der Waals surface area contributed by atoms with Crippen LogP contribution in [0.4, 0.5) is 0 Å². The van der Waals surface area contributed by atoms with Gasteiger partial charge in [0.2, 0.25) is 0 Å². The molecule has 0 bridgehead atoms. The molecule has 0 aromatic carbocycles. The fraction of sp³-hybridized carbons (Fsp3) is 0.946. The summed E-state index contributed by atoms with van der Waals surface area (Å²) in [6.07, 6.45) is 47.3. The van der Waals surface area contributed by atoms with Gasteiger partial charge in [-0.1, -0.05) is 319 Å². The normalized spacial score (nSPS) is 14.5. The van der Waals surface area contributed by atoms with Gasteiger partial charge in [-0.05, 0) is 49.4 Å². The molecule has 0 aliphatic heterocycles. The number of unbranched alkanes of at least 4 members (excludes halogenated alkanes) is 36. The zero-order chi connectivity index (χ0) is 68.9. The van der Waals surface area contributed by atoms with Gasteiger partial charge in [-0.3, -0.25) is 37.3 Å². The highest BCUT2D eigenvalue weighted by molar-refractivity contribution is 7.47. The van der Waals surface area contributed by atoms with Crippen LogP contribution in [0.5, 0.6) is 0 Å². The summed E-state index contributed by atoms with van der Waals surface area (Å²) in [5, 5.41) is 10.6. The topological polar surface area (TPSA) is 237 Å². The molecule has 93 heavy (non-hydrogen) atoms. The Hall–Kier alpha value is -1.94. The molecule has 0 aromatic heterocycles. The highest BCUT2D eigenvalue weighted by atomic mass is 31.2. The van der Waals surface area contributed by atoms with Crippen LogP contribution in [-0.2, 0) is 65.4 Å². The number of phosphoric ester groups is 2. The Morgan fingerprint density at radius 3 is 0.763 bits per heavy atom. The van der Waals surface area contributed by atoms with E-state index in [9.17, 15) is 43.2 Å². The van der Waals surface area contributed by atoms with E-state index in [0.717, 1.165) is 120 Å². The number of carbonyl (C=O) groups is 4. The molecule has 17 nitrogen and oxygen atoms in total. The number of ether oxygens (including phenoxy) is 4. The number of hydrogen-bond donors (Lipinski definition) is 3. The summed E-state index contributed by atoms with van der Waals surface area (Å²) in [4.78, 5) is 72.7. The molecule has 0 radical (unpaired) electrons. The first-order chi connectivity index (χ1) is 44.6. The maximum absolute atomic E-state index is 13.0. The van der Waals surface area contributed by atoms with E-state index in [1.54, 1.807) is 0 Å². The second kappa shape index (κ2) is 63.5. The average molecular weight is 1370 g/mol. The Bertz CT molecular complexity index is 1840. The highest BCUT2D eigenvalue weighted by Crippen LogP contribution is 2.45. The molecule has 19 heteroatoms. The van der Waals surface area contributed by atoms with Crippen molar-refractivity contribution in [3.8, 4) is 0 Å². The maximum Gasteiger partial charge on any atom is 0.472 e. The SMILES string of the molecule is CCC(C)CCCCCCCCC(=O)OC[C@H](COP(=O)(O)OC[C@H](O)COP(=O)(O)OC[C@@H](COC(=O)CCCCCCCCCCCCCC(C)C)OC(=O)CCCCCCCCCCC(C)C)OC(=O)CCCCCCCCCCCCCCCCCC(C)C. The summed E-state index contributed by atoms with van der Waals surface area (Å²) in [6, 6.07) is 0. The van der Waals surface area contributed by atoms with E-state index in [4.69, 9.17) is 37.0 Å². The first-order valence-corrected chi connectivity index (χ1v) is 41.2. The molecular formula is C74H144O17P2. The molecule has 0 amide bonds. The van der Waals surface area contributed by atoms with Gasteiger partial charge in [0.05, 0.1) is 26.4 Å². The summed E-state index contributed by atoms with van der Waals surface area (Å²) in [6.45, 7) is 14.1. The van der Waals surface area contributed by atoms with E-state index < -0.39 is 97.5 Å². The van der Waals surface area contributed by atoms with Crippen LogP contribution in [0.25, 0.3) is 0 Å². The summed E-state index contributed by atoms with van der Waals surface area (Å²) in [5.74, 6) is 0.897. The van der Waals surface area contributed by atoms with Crippen LogP contribution >= 0.6 is 15.6 Å². The van der Waals surface area contributed by atoms with Gasteiger partial charge in [0, 0.05) is 25.7 Å². The predicted octanol–water partition coefficient (Wildman–Crippen LogP) is 21.3. The molecule has 0 spiro atoms. The number of aliphatic hydroxyl groups is 1. The Morgan fingerprint density at radius 2 is 0.516 bits per heavy atom. The molecule has 6 atom stereocenters. The molecule has 0 heterocycles. The van der Waals surface area contributed by atoms with Crippen molar-refractivity contribution >= 4 is 39.5 Å². The number of carbonyl (C=O) groups excluding carboxylic acids is 4. The van der Waals surface area contributed by atoms with Crippen molar-refractivity contribution in [1.82, 2.24) is 0 Å². The van der Waals surface area contributed by atoms with Gasteiger partial charge >= 0.3 is 39.5 Å². The minimum Gasteiger partial charge on any atom is -0.462 e. The van der Waals surface area contributed by atoms with Crippen molar-refractivity contribution in [2.24, 2.45) is 23.7 Å². The van der Waals surface area contributed by atoms with Crippen molar-refractivity contribution in [3.63, 3.8) is 0 Å². The Morgan fingerprint density at radius 1 is 0.301 bits per heavy atom. The fourth-order valence-corrected chi connectivity index (χ4v) is 12.7. The van der Waals surface area contributed by atoms with E-state index in [1.165, 1.54) is 167 Å². The third-order valence-corrected chi connectivity index (χ3v) is 19.3. The molecule has 0 aromatic rings. The molecule has 0 aliphatic carbocycles. The Balaban J connectivity index is 5.22. The van der Waals surface area contributed by atoms with Gasteiger partial charge in [-0.15, -0.1) is 0 Å². The van der Waals surface area contributed by atoms with E-state index in [0.29, 0.717) is 25.7 Å². The van der Waals surface area contributed by atoms with Crippen LogP contribution in [0.15, 0.2) is 0 Å². The summed E-state index contributed by atoms with van der Waals surface area (Å²) >= 11 is 0. The van der Waals surface area contributed by atoms with Crippen LogP contribution in [0.1, 0.15) is 370 Å². The molecule has 0 rings (SSSR count). The number of hydrogen-bond acceptors (Lipinski definition) is 15. The zero-order valence-corrected chi connectivity index (χ0v) is 62.7. The van der Waals surface area contributed by atoms with Crippen molar-refractivity contribution < 1.29 is 80.2 Å². The number of rotatable bonds is 71. The lowest BCUT2D eigenvalue weighted by atomic mass is 10.00. The number of phosphoric acid groups is 2. The van der Waals surface area contributed by atoms with E-state index >= 15 is 0 Å². The molecule has 0 aliphatic rings. The minimum atomic E-state index is -4.96. The van der Waals surface area contributed by atoms with Crippen molar-refractivity contribution in [2.45, 2.75) is 388 Å². The standard InChI is InChI=1S/C74H144O17P2/c1-9-67(8)53-45-37-32-33-39-47-55-72(77)85-61-70(90-73(78)56-48-40-30-23-18-14-12-10-11-13-16-20-26-34-42-50-64(2)3)63-89-93(82,83)87-59-68(75)58-86-92(80,81)88-62-69(91-74(79)57-49-41-31-25-24-28-36-44-52-66(6)7)60-84-71(76)54-46-38-29-22-19-15-17-21-27-35-43-51-65(4)5/h64-70,75H,9-63H2,1-8H3,(H,80,81)(H,82,83)/t67?,68-,69-,70-/m1/s1. The smallest absolute Gasteiger partial charge is 0.462 e. The van der Waals surface area contributed by atoms with E-state index in [2.05, 4.69) is 55.4 Å². The average Bonchev–Trinajstić information content (AvgIpc) is 2.50. The lowest BCUT2D eigenvalue weighted by Gasteiger charge is -2.21. The van der Waals surface area contributed by atoms with Crippen molar-refractivity contribution in [2.75, 3.05) is 39.6 Å². The number of esters is 4. The summed E-state index contributed by atoms with van der Waals surface area (Å²) < 4.78 is 68.4. The minimum absolute atomic E-state index is 0.104. The van der Waals surface area contributed by atoms with Gasteiger partial charge in [0.15, 0.2) is 12.2 Å². The van der Waals surface area contributed by atoms with Crippen LogP contribution < -0.4 is 0 Å². The maximum atomic E-state index is 13.0. The quantitative estimate of drug-likeness (QED) is 0.0222. The molecule has 552 valence electrons. The second-order valence-electron chi connectivity index (χ2n) is 28.4. The lowest BCUT2D eigenvalue weighted by Crippen LogP contribution is -2.30. The van der Waals surface area contributed by atoms with Crippen LogP contribution in [-0.4, -0.2) is 96.7 Å². The second-order valence-corrected chi connectivity index (χ2v) is 31.3. The first-order valence-electron chi connectivity index (χ1n) is 38.2. The van der Waals surface area contributed by atoms with Gasteiger partial charge in [-0.25, -0.2) is 9.13 Å². The first kappa shape index (κ1) is 91.1. The van der Waals surface area contributed by atoms with Crippen molar-refractivity contribution in [3.05, 3.63) is 0 Å². The summed E-state index contributed by atoms with van der Waals surface area (Å²) in [5.41, 5.74) is 0. The van der Waals surface area contributed by atoms with Crippen molar-refractivity contribution in [1.29, 1.82) is 0 Å². The Labute approximate surface area is 568 Å². The number of aliphatic hydroxyl groups excluding tert-OH is 1. The predicted molar refractivity (Wildman–Crippen MR) is 377 cm³/mol. The van der Waals surface area contributed by atoms with E-state index in [1.807, 2.05) is 0 Å². The summed E-state index contributed by atoms with van der Waals surface area (Å²) in [7, 11) is -9.91. The van der Waals surface area contributed by atoms with Crippen LogP contribution in [0, 0.1) is 23.7 Å². The van der Waals surface area contributed by atoms with Gasteiger partial charge < -0.3 is 33.8 Å². The largest absolute Gasteiger partial charge is 0.472 e. The van der Waals surface area contributed by atoms with E-state index in [-0.39, 0.29) is 25.7 Å². The molecule has 0 saturated carbocycles. The van der Waals surface area contributed by atoms with Gasteiger partial charge in [-0.2, -0.15) is 0 Å². The highest BCUT2D eigenvalue weighted by Gasteiger charge is 2.30. The monoisotopic (exact) mass is 1370 g/mol. The molecule has 0 saturated heterocycles. The van der Waals surface area contributed by atoms with Gasteiger partial charge in [0.25, 0.3) is 0 Å². The molecular weight excluding hydrogens is 1220 g/mol. The molecule has 0 fully saturated rings. The zero-order valence-electron chi connectivity index (χ0n) is 60.9. The molecule has 3 unspecified atom stereocenters. The lowest BCUT2D eigenvalue weighted by molar-refractivity contribution is -0.161. The fourth-order valence-electron chi connectivity index (χ4n) is 11.2. The van der Waals surface area contributed by atoms with Gasteiger partial charge in [0.1, 0.15) is 19.3 Å². The Kier molecular flexibility index (Phi) is 62.2. The van der Waals surface area contributed by atoms with Crippen LogP contribution in [0.3, 0.4) is 0 Å². The van der Waals surface area contributed by atoms with Crippen LogP contribution in [0.2, 0.25) is 0 Å².